The van der Waals surface area contributed by atoms with Gasteiger partial charge in [0.2, 0.25) is 5.91 Å². The Morgan fingerprint density at radius 2 is 2.17 bits per heavy atom. The number of nitrogens with one attached hydrogen (secondary N) is 1. The molecule has 1 saturated carbocycles. The number of nitrogens with zero attached hydrogens (tertiary/aromatic N) is 2. The second kappa shape index (κ2) is 8.08. The Hall–Kier alpha value is -1.46. The van der Waals surface area contributed by atoms with E-state index in [9.17, 15) is 4.79 Å². The van der Waals surface area contributed by atoms with Crippen molar-refractivity contribution in [3.05, 3.63) is 41.7 Å². The molecule has 4 nitrogen and oxygen atoms in total. The molecule has 0 aliphatic heterocycles. The number of rotatable bonds is 5. The standard InChI is InChI=1S/C18H22ClN3OS/c1-13(17(23)21-15-7-3-2-4-8-15)24-18-20-10-11-22(18)16-9-5-6-14(19)12-16/h5-6,9-13,15H,2-4,7-8H2,1H3,(H,21,23). The molecule has 0 saturated heterocycles. The molecule has 1 unspecified atom stereocenters. The van der Waals surface area contributed by atoms with E-state index in [0.29, 0.717) is 11.1 Å². The number of hydrogen-bond acceptors (Lipinski definition) is 3. The molecule has 0 spiro atoms. The molecule has 1 heterocycles. The van der Waals surface area contributed by atoms with Gasteiger partial charge in [-0.05, 0) is 38.0 Å². The highest BCUT2D eigenvalue weighted by Gasteiger charge is 2.22. The van der Waals surface area contributed by atoms with E-state index < -0.39 is 0 Å². The van der Waals surface area contributed by atoms with Crippen molar-refractivity contribution in [1.82, 2.24) is 14.9 Å². The van der Waals surface area contributed by atoms with Crippen LogP contribution in [0.4, 0.5) is 0 Å². The molecular weight excluding hydrogens is 342 g/mol. The van der Waals surface area contributed by atoms with Crippen LogP contribution in [-0.4, -0.2) is 26.8 Å². The molecule has 3 rings (SSSR count). The summed E-state index contributed by atoms with van der Waals surface area (Å²) in [5.74, 6) is 0.0903. The first-order chi connectivity index (χ1) is 11.6. The molecule has 1 aliphatic carbocycles. The lowest BCUT2D eigenvalue weighted by Crippen LogP contribution is -2.40. The molecule has 2 aromatic rings. The van der Waals surface area contributed by atoms with Crippen LogP contribution in [0.5, 0.6) is 0 Å². The average Bonchev–Trinajstić information content (AvgIpc) is 3.04. The zero-order chi connectivity index (χ0) is 16.9. The van der Waals surface area contributed by atoms with Crippen molar-refractivity contribution in [1.29, 1.82) is 0 Å². The van der Waals surface area contributed by atoms with Crippen molar-refractivity contribution in [2.45, 2.75) is 55.5 Å². The van der Waals surface area contributed by atoms with E-state index >= 15 is 0 Å². The second-order valence-electron chi connectivity index (χ2n) is 6.16. The fraction of sp³-hybridized carbons (Fsp3) is 0.444. The van der Waals surface area contributed by atoms with Crippen molar-refractivity contribution in [3.8, 4) is 5.69 Å². The number of imidazole rings is 1. The summed E-state index contributed by atoms with van der Waals surface area (Å²) in [6.45, 7) is 1.93. The van der Waals surface area contributed by atoms with Crippen LogP contribution < -0.4 is 5.32 Å². The number of carbonyl (C=O) groups is 1. The third kappa shape index (κ3) is 4.33. The van der Waals surface area contributed by atoms with Crippen LogP contribution in [0, 0.1) is 0 Å². The molecule has 1 aromatic carbocycles. The maximum absolute atomic E-state index is 12.4. The summed E-state index contributed by atoms with van der Waals surface area (Å²) in [4.78, 5) is 16.8. The Morgan fingerprint density at radius 3 is 2.92 bits per heavy atom. The van der Waals surface area contributed by atoms with E-state index in [1.54, 1.807) is 6.20 Å². The second-order valence-corrected chi connectivity index (χ2v) is 7.91. The van der Waals surface area contributed by atoms with Crippen LogP contribution in [0.3, 0.4) is 0 Å². The van der Waals surface area contributed by atoms with Crippen molar-refractivity contribution >= 4 is 29.3 Å². The Morgan fingerprint density at radius 1 is 1.38 bits per heavy atom. The van der Waals surface area contributed by atoms with Gasteiger partial charge in [0.1, 0.15) is 0 Å². The summed E-state index contributed by atoms with van der Waals surface area (Å²) in [6, 6.07) is 7.95. The number of amides is 1. The Balaban J connectivity index is 1.65. The number of hydrogen-bond donors (Lipinski definition) is 1. The summed E-state index contributed by atoms with van der Waals surface area (Å²) >= 11 is 7.55. The fourth-order valence-corrected chi connectivity index (χ4v) is 4.05. The summed E-state index contributed by atoms with van der Waals surface area (Å²) in [5, 5.41) is 4.47. The maximum atomic E-state index is 12.4. The van der Waals surface area contributed by atoms with Gasteiger partial charge in [0.15, 0.2) is 5.16 Å². The Bertz CT molecular complexity index is 697. The third-order valence-electron chi connectivity index (χ3n) is 4.30. The highest BCUT2D eigenvalue weighted by atomic mass is 35.5. The van der Waals surface area contributed by atoms with Gasteiger partial charge < -0.3 is 5.32 Å². The third-order valence-corrected chi connectivity index (χ3v) is 5.61. The molecule has 128 valence electrons. The first-order valence-electron chi connectivity index (χ1n) is 8.40. The Kier molecular flexibility index (Phi) is 5.85. The topological polar surface area (TPSA) is 46.9 Å². The minimum atomic E-state index is -0.188. The van der Waals surface area contributed by atoms with Crippen LogP contribution in [0.2, 0.25) is 5.02 Å². The summed E-state index contributed by atoms with van der Waals surface area (Å²) < 4.78 is 1.96. The highest BCUT2D eigenvalue weighted by molar-refractivity contribution is 8.00. The van der Waals surface area contributed by atoms with Gasteiger partial charge in [0, 0.05) is 29.1 Å². The van der Waals surface area contributed by atoms with E-state index in [4.69, 9.17) is 11.6 Å². The van der Waals surface area contributed by atoms with Crippen LogP contribution >= 0.6 is 23.4 Å². The zero-order valence-corrected chi connectivity index (χ0v) is 15.3. The first kappa shape index (κ1) is 17.4. The molecule has 1 fully saturated rings. The summed E-state index contributed by atoms with van der Waals surface area (Å²) in [6.07, 6.45) is 9.54. The zero-order valence-electron chi connectivity index (χ0n) is 13.7. The van der Waals surface area contributed by atoms with Gasteiger partial charge in [0.25, 0.3) is 0 Å². The molecule has 1 aromatic heterocycles. The lowest BCUT2D eigenvalue weighted by Gasteiger charge is -2.24. The smallest absolute Gasteiger partial charge is 0.233 e. The molecule has 1 N–H and O–H groups in total. The monoisotopic (exact) mass is 363 g/mol. The van der Waals surface area contributed by atoms with E-state index in [2.05, 4.69) is 10.3 Å². The molecule has 1 amide bonds. The first-order valence-corrected chi connectivity index (χ1v) is 9.65. The maximum Gasteiger partial charge on any atom is 0.233 e. The van der Waals surface area contributed by atoms with Crippen LogP contribution in [0.1, 0.15) is 39.0 Å². The van der Waals surface area contributed by atoms with E-state index in [0.717, 1.165) is 23.7 Å². The fourth-order valence-electron chi connectivity index (χ4n) is 2.98. The minimum Gasteiger partial charge on any atom is -0.352 e. The summed E-state index contributed by atoms with van der Waals surface area (Å²) in [5.41, 5.74) is 0.947. The predicted octanol–water partition coefficient (Wildman–Crippen LogP) is 4.46. The van der Waals surface area contributed by atoms with Gasteiger partial charge in [-0.2, -0.15) is 0 Å². The molecule has 24 heavy (non-hydrogen) atoms. The predicted molar refractivity (Wildman–Crippen MR) is 98.9 cm³/mol. The van der Waals surface area contributed by atoms with E-state index in [-0.39, 0.29) is 11.2 Å². The Labute approximate surface area is 152 Å². The number of benzene rings is 1. The lowest BCUT2D eigenvalue weighted by atomic mass is 9.95. The van der Waals surface area contributed by atoms with Crippen molar-refractivity contribution in [3.63, 3.8) is 0 Å². The molecule has 6 heteroatoms. The molecule has 0 bridgehead atoms. The van der Waals surface area contributed by atoms with Crippen LogP contribution in [0.25, 0.3) is 5.69 Å². The summed E-state index contributed by atoms with van der Waals surface area (Å²) in [7, 11) is 0. The highest BCUT2D eigenvalue weighted by Crippen LogP contribution is 2.26. The van der Waals surface area contributed by atoms with Gasteiger partial charge in [-0.15, -0.1) is 0 Å². The van der Waals surface area contributed by atoms with Gasteiger partial charge >= 0.3 is 0 Å². The molecule has 1 atom stereocenters. The lowest BCUT2D eigenvalue weighted by molar-refractivity contribution is -0.121. The van der Waals surface area contributed by atoms with Gasteiger partial charge in [-0.3, -0.25) is 9.36 Å². The van der Waals surface area contributed by atoms with Crippen molar-refractivity contribution in [2.75, 3.05) is 0 Å². The van der Waals surface area contributed by atoms with Crippen LogP contribution in [0.15, 0.2) is 41.8 Å². The van der Waals surface area contributed by atoms with E-state index in [1.165, 1.54) is 31.0 Å². The largest absolute Gasteiger partial charge is 0.352 e. The number of thioether (sulfide) groups is 1. The average molecular weight is 364 g/mol. The van der Waals surface area contributed by atoms with Gasteiger partial charge in [-0.25, -0.2) is 4.98 Å². The van der Waals surface area contributed by atoms with Crippen molar-refractivity contribution < 1.29 is 4.79 Å². The molecule has 1 aliphatic rings. The normalized spacial score (nSPS) is 16.8. The van der Waals surface area contributed by atoms with Crippen molar-refractivity contribution in [2.24, 2.45) is 0 Å². The quantitative estimate of drug-likeness (QED) is 0.798. The van der Waals surface area contributed by atoms with E-state index in [1.807, 2.05) is 42.0 Å². The number of aromatic nitrogens is 2. The van der Waals surface area contributed by atoms with Crippen LogP contribution in [-0.2, 0) is 4.79 Å². The SMILES string of the molecule is CC(Sc1nccn1-c1cccc(Cl)c1)C(=O)NC1CCCCC1. The number of halogens is 1. The van der Waals surface area contributed by atoms with Gasteiger partial charge in [-0.1, -0.05) is 48.7 Å². The minimum absolute atomic E-state index is 0.0903. The molecule has 0 radical (unpaired) electrons. The number of carbonyl (C=O) groups excluding carboxylic acids is 1. The van der Waals surface area contributed by atoms with Gasteiger partial charge in [0.05, 0.1) is 5.25 Å². The molecular formula is C18H22ClN3OS.